The van der Waals surface area contributed by atoms with Crippen LogP contribution in [0.1, 0.15) is 11.1 Å². The minimum absolute atomic E-state index is 0.103. The maximum atomic E-state index is 13.5. The van der Waals surface area contributed by atoms with Crippen molar-refractivity contribution in [3.63, 3.8) is 0 Å². The minimum Gasteiger partial charge on any atom is -0.486 e. The van der Waals surface area contributed by atoms with Crippen LogP contribution < -0.4 is 10.5 Å². The SMILES string of the molecule is NCc1cc(Br)c(OCc2c(F)cccc2F)c(Br)c1. The van der Waals surface area contributed by atoms with Crippen LogP contribution in [-0.4, -0.2) is 0 Å². The summed E-state index contributed by atoms with van der Waals surface area (Å²) in [6, 6.07) is 7.32. The quantitative estimate of drug-likeness (QED) is 0.809. The Bertz CT molecular complexity index is 591. The number of rotatable bonds is 4. The van der Waals surface area contributed by atoms with Crippen LogP contribution >= 0.6 is 31.9 Å². The van der Waals surface area contributed by atoms with E-state index in [1.54, 1.807) is 12.1 Å². The highest BCUT2D eigenvalue weighted by molar-refractivity contribution is 9.11. The molecule has 6 heteroatoms. The zero-order valence-corrected chi connectivity index (χ0v) is 13.5. The lowest BCUT2D eigenvalue weighted by atomic mass is 10.2. The summed E-state index contributed by atoms with van der Waals surface area (Å²) in [5.41, 5.74) is 6.37. The molecule has 2 aromatic rings. The molecule has 0 fully saturated rings. The van der Waals surface area contributed by atoms with Crippen LogP contribution in [0.25, 0.3) is 0 Å². The van der Waals surface area contributed by atoms with Crippen molar-refractivity contribution in [1.82, 2.24) is 0 Å². The lowest BCUT2D eigenvalue weighted by Crippen LogP contribution is -2.03. The van der Waals surface area contributed by atoms with Gasteiger partial charge >= 0.3 is 0 Å². The molecule has 0 atom stereocenters. The van der Waals surface area contributed by atoms with Crippen molar-refractivity contribution in [2.45, 2.75) is 13.2 Å². The topological polar surface area (TPSA) is 35.2 Å². The molecule has 0 unspecified atom stereocenters. The molecule has 0 heterocycles. The molecule has 0 bridgehead atoms. The van der Waals surface area contributed by atoms with Crippen molar-refractivity contribution < 1.29 is 13.5 Å². The molecule has 0 saturated carbocycles. The first-order chi connectivity index (χ1) is 9.52. The molecule has 2 N–H and O–H groups in total. The standard InChI is InChI=1S/C14H11Br2F2NO/c15-10-4-8(6-19)5-11(16)14(10)20-7-9-12(17)2-1-3-13(9)18/h1-5H,6-7,19H2. The van der Waals surface area contributed by atoms with Gasteiger partial charge in [0.05, 0.1) is 14.5 Å². The Hall–Kier alpha value is -0.980. The van der Waals surface area contributed by atoms with E-state index in [-0.39, 0.29) is 12.2 Å². The Balaban J connectivity index is 2.23. The number of ether oxygens (including phenoxy) is 1. The third kappa shape index (κ3) is 3.37. The van der Waals surface area contributed by atoms with E-state index in [0.29, 0.717) is 21.2 Å². The van der Waals surface area contributed by atoms with Gasteiger partial charge in [-0.1, -0.05) is 6.07 Å². The van der Waals surface area contributed by atoms with E-state index in [4.69, 9.17) is 10.5 Å². The molecule has 0 aliphatic carbocycles. The predicted molar refractivity (Wildman–Crippen MR) is 80.4 cm³/mol. The van der Waals surface area contributed by atoms with Gasteiger partial charge in [0, 0.05) is 6.54 Å². The van der Waals surface area contributed by atoms with Gasteiger partial charge in [0.2, 0.25) is 0 Å². The lowest BCUT2D eigenvalue weighted by Gasteiger charge is -2.12. The largest absolute Gasteiger partial charge is 0.486 e. The highest BCUT2D eigenvalue weighted by atomic mass is 79.9. The van der Waals surface area contributed by atoms with Crippen molar-refractivity contribution in [3.05, 3.63) is 62.0 Å². The van der Waals surface area contributed by atoms with Crippen LogP contribution in [0, 0.1) is 11.6 Å². The predicted octanol–water partition coefficient (Wildman–Crippen LogP) is 4.53. The van der Waals surface area contributed by atoms with Gasteiger partial charge in [0.15, 0.2) is 0 Å². The monoisotopic (exact) mass is 405 g/mol. The summed E-state index contributed by atoms with van der Waals surface area (Å²) in [6.07, 6.45) is 0. The van der Waals surface area contributed by atoms with Crippen LogP contribution in [0.2, 0.25) is 0 Å². The average molecular weight is 407 g/mol. The molecular weight excluding hydrogens is 396 g/mol. The lowest BCUT2D eigenvalue weighted by molar-refractivity contribution is 0.289. The van der Waals surface area contributed by atoms with Gasteiger partial charge in [-0.2, -0.15) is 0 Å². The highest BCUT2D eigenvalue weighted by Gasteiger charge is 2.13. The fourth-order valence-corrected chi connectivity index (χ4v) is 3.19. The van der Waals surface area contributed by atoms with Crippen molar-refractivity contribution in [2.24, 2.45) is 5.73 Å². The fourth-order valence-electron chi connectivity index (χ4n) is 1.68. The van der Waals surface area contributed by atoms with Crippen molar-refractivity contribution in [3.8, 4) is 5.75 Å². The van der Waals surface area contributed by atoms with E-state index < -0.39 is 11.6 Å². The molecule has 0 aliphatic heterocycles. The van der Waals surface area contributed by atoms with Crippen molar-refractivity contribution >= 4 is 31.9 Å². The molecule has 2 aromatic carbocycles. The van der Waals surface area contributed by atoms with Crippen LogP contribution in [0.15, 0.2) is 39.3 Å². The molecule has 2 rings (SSSR count). The first-order valence-corrected chi connectivity index (χ1v) is 7.35. The van der Waals surface area contributed by atoms with Gasteiger partial charge in [-0.25, -0.2) is 8.78 Å². The Morgan fingerprint density at radius 3 is 2.10 bits per heavy atom. The third-order valence-electron chi connectivity index (χ3n) is 2.72. The van der Waals surface area contributed by atoms with Crippen molar-refractivity contribution in [2.75, 3.05) is 0 Å². The normalized spacial score (nSPS) is 10.7. The first kappa shape index (κ1) is 15.4. The Morgan fingerprint density at radius 1 is 1.05 bits per heavy atom. The summed E-state index contributed by atoms with van der Waals surface area (Å²) in [4.78, 5) is 0. The molecule has 0 aliphatic rings. The molecule has 20 heavy (non-hydrogen) atoms. The average Bonchev–Trinajstić information content (AvgIpc) is 2.40. The number of halogens is 4. The van der Waals surface area contributed by atoms with E-state index in [0.717, 1.165) is 5.56 Å². The Labute approximate surface area is 132 Å². The summed E-state index contributed by atoms with van der Waals surface area (Å²) in [5.74, 6) is -0.781. The summed E-state index contributed by atoms with van der Waals surface area (Å²) in [7, 11) is 0. The maximum Gasteiger partial charge on any atom is 0.148 e. The molecule has 0 saturated heterocycles. The van der Waals surface area contributed by atoms with Crippen molar-refractivity contribution in [1.29, 1.82) is 0 Å². The third-order valence-corrected chi connectivity index (χ3v) is 3.89. The Kier molecular flexibility index (Phi) is 5.12. The van der Waals surface area contributed by atoms with Gasteiger partial charge in [0.25, 0.3) is 0 Å². The second-order valence-corrected chi connectivity index (χ2v) is 5.79. The van der Waals surface area contributed by atoms with E-state index in [9.17, 15) is 8.78 Å². The zero-order valence-electron chi connectivity index (χ0n) is 10.3. The summed E-state index contributed by atoms with van der Waals surface area (Å²) < 4.78 is 33.9. The van der Waals surface area contributed by atoms with Crippen LogP contribution in [0.4, 0.5) is 8.78 Å². The fraction of sp³-hybridized carbons (Fsp3) is 0.143. The maximum absolute atomic E-state index is 13.5. The van der Waals surface area contributed by atoms with Gasteiger partial charge in [0.1, 0.15) is 24.0 Å². The molecular formula is C14H11Br2F2NO. The molecule has 0 radical (unpaired) electrons. The zero-order chi connectivity index (χ0) is 14.7. The molecule has 0 amide bonds. The van der Waals surface area contributed by atoms with Gasteiger partial charge in [-0.15, -0.1) is 0 Å². The highest BCUT2D eigenvalue weighted by Crippen LogP contribution is 2.35. The van der Waals surface area contributed by atoms with Crippen LogP contribution in [0.3, 0.4) is 0 Å². The second kappa shape index (κ2) is 6.65. The molecule has 106 valence electrons. The van der Waals surface area contributed by atoms with E-state index in [1.165, 1.54) is 18.2 Å². The first-order valence-electron chi connectivity index (χ1n) is 5.76. The van der Waals surface area contributed by atoms with Gasteiger partial charge in [-0.3, -0.25) is 0 Å². The summed E-state index contributed by atoms with van der Waals surface area (Å²) >= 11 is 6.70. The second-order valence-electron chi connectivity index (χ2n) is 4.08. The van der Waals surface area contributed by atoms with E-state index >= 15 is 0 Å². The molecule has 2 nitrogen and oxygen atoms in total. The molecule has 0 aromatic heterocycles. The summed E-state index contributed by atoms with van der Waals surface area (Å²) in [6.45, 7) is 0.192. The summed E-state index contributed by atoms with van der Waals surface area (Å²) in [5, 5.41) is 0. The van der Waals surface area contributed by atoms with E-state index in [2.05, 4.69) is 31.9 Å². The minimum atomic E-state index is -0.629. The van der Waals surface area contributed by atoms with E-state index in [1.807, 2.05) is 0 Å². The van der Waals surface area contributed by atoms with Crippen LogP contribution in [0.5, 0.6) is 5.75 Å². The van der Waals surface area contributed by atoms with Gasteiger partial charge < -0.3 is 10.5 Å². The number of hydrogen-bond acceptors (Lipinski definition) is 2. The number of nitrogens with two attached hydrogens (primary N) is 1. The number of benzene rings is 2. The number of hydrogen-bond donors (Lipinski definition) is 1. The van der Waals surface area contributed by atoms with Crippen LogP contribution in [-0.2, 0) is 13.2 Å². The smallest absolute Gasteiger partial charge is 0.148 e. The Morgan fingerprint density at radius 2 is 1.60 bits per heavy atom. The van der Waals surface area contributed by atoms with Gasteiger partial charge in [-0.05, 0) is 61.7 Å². The molecule has 0 spiro atoms.